The van der Waals surface area contributed by atoms with Crippen molar-refractivity contribution >= 4 is 15.9 Å². The fraction of sp³-hybridized carbons (Fsp3) is 0.435. The molecule has 0 atom stereocenters. The lowest BCUT2D eigenvalue weighted by molar-refractivity contribution is -0.118. The lowest BCUT2D eigenvalue weighted by Gasteiger charge is -2.20. The van der Waals surface area contributed by atoms with E-state index in [1.807, 2.05) is 32.4 Å². The fourth-order valence-corrected chi connectivity index (χ4v) is 4.43. The van der Waals surface area contributed by atoms with Gasteiger partial charge in [0, 0.05) is 0 Å². The van der Waals surface area contributed by atoms with Crippen LogP contribution < -0.4 is 4.72 Å². The molecule has 0 spiro atoms. The molecule has 31 heavy (non-hydrogen) atoms. The summed E-state index contributed by atoms with van der Waals surface area (Å²) in [5.74, 6) is -2.24. The van der Waals surface area contributed by atoms with E-state index in [0.717, 1.165) is 18.2 Å². The molecule has 0 radical (unpaired) electrons. The van der Waals surface area contributed by atoms with Crippen molar-refractivity contribution in [2.24, 2.45) is 0 Å². The topological polar surface area (TPSA) is 83.5 Å². The molecule has 2 N–H and O–H groups in total. The van der Waals surface area contributed by atoms with Crippen LogP contribution in [-0.2, 0) is 26.8 Å². The average molecular weight is 454 g/mol. The van der Waals surface area contributed by atoms with Crippen molar-refractivity contribution in [3.63, 3.8) is 0 Å². The Balaban J connectivity index is 2.40. The number of hydrogen-bond acceptors (Lipinski definition) is 4. The van der Waals surface area contributed by atoms with Gasteiger partial charge in [0.25, 0.3) is 10.0 Å². The van der Waals surface area contributed by atoms with E-state index in [4.69, 9.17) is 0 Å². The van der Waals surface area contributed by atoms with Crippen molar-refractivity contribution in [2.45, 2.75) is 70.3 Å². The normalized spacial score (nSPS) is 12.5. The van der Waals surface area contributed by atoms with Gasteiger partial charge in [-0.25, -0.2) is 21.9 Å². The molecule has 0 aliphatic rings. The lowest BCUT2D eigenvalue weighted by Crippen LogP contribution is -2.33. The van der Waals surface area contributed by atoms with Crippen molar-refractivity contribution in [3.05, 3.63) is 64.2 Å². The van der Waals surface area contributed by atoms with Crippen LogP contribution in [0.15, 0.2) is 35.2 Å². The maximum atomic E-state index is 14.1. The molecular formula is C23H29F2NO4S. The minimum Gasteiger partial charge on any atom is -0.386 e. The highest BCUT2D eigenvalue weighted by Crippen LogP contribution is 2.30. The van der Waals surface area contributed by atoms with Gasteiger partial charge in [-0.2, -0.15) is 0 Å². The molecule has 0 fully saturated rings. The number of hydrogen-bond donors (Lipinski definition) is 2. The molecule has 5 nitrogen and oxygen atoms in total. The Kier molecular flexibility index (Phi) is 7.28. The summed E-state index contributed by atoms with van der Waals surface area (Å²) in [4.78, 5) is 12.2. The van der Waals surface area contributed by atoms with Gasteiger partial charge in [-0.3, -0.25) is 4.79 Å². The van der Waals surface area contributed by atoms with Gasteiger partial charge in [0.05, 0.1) is 16.9 Å². The van der Waals surface area contributed by atoms with E-state index in [9.17, 15) is 27.1 Å². The first-order valence-electron chi connectivity index (χ1n) is 10.0. The Hall–Kier alpha value is -2.32. The molecule has 0 saturated heterocycles. The summed E-state index contributed by atoms with van der Waals surface area (Å²) in [6.07, 6.45) is -0.270. The van der Waals surface area contributed by atoms with E-state index in [1.54, 1.807) is 0 Å². The van der Waals surface area contributed by atoms with Crippen LogP contribution >= 0.6 is 0 Å². The first kappa shape index (κ1) is 24.9. The van der Waals surface area contributed by atoms with Gasteiger partial charge in [0.15, 0.2) is 0 Å². The van der Waals surface area contributed by atoms with Crippen LogP contribution in [-0.4, -0.2) is 19.4 Å². The van der Waals surface area contributed by atoms with Crippen LogP contribution in [0.25, 0.3) is 0 Å². The van der Waals surface area contributed by atoms with Crippen LogP contribution in [0.1, 0.15) is 75.6 Å². The summed E-state index contributed by atoms with van der Waals surface area (Å²) < 4.78 is 55.4. The zero-order valence-electron chi connectivity index (χ0n) is 18.6. The Bertz CT molecular complexity index is 1060. The predicted octanol–water partition coefficient (Wildman–Crippen LogP) is 4.49. The quantitative estimate of drug-likeness (QED) is 0.647. The fourth-order valence-electron chi connectivity index (χ4n) is 3.39. The second-order valence-corrected chi connectivity index (χ2v) is 10.5. The third kappa shape index (κ3) is 6.11. The number of amides is 1. The Morgan fingerprint density at radius 1 is 0.968 bits per heavy atom. The van der Waals surface area contributed by atoms with E-state index in [-0.39, 0.29) is 23.8 Å². The van der Waals surface area contributed by atoms with Gasteiger partial charge < -0.3 is 5.11 Å². The van der Waals surface area contributed by atoms with Gasteiger partial charge in [-0.15, -0.1) is 0 Å². The standard InChI is InChI=1S/C23H29F2NO4S/c1-13(2)19-10-17(25)11-20(14(3)4)21(19)12-22(27)26-31(29,30)18-8-15(23(5,6)28)7-16(24)9-18/h7-11,13-14,28H,12H2,1-6H3,(H,26,27). The smallest absolute Gasteiger partial charge is 0.264 e. The highest BCUT2D eigenvalue weighted by atomic mass is 32.2. The molecule has 0 heterocycles. The average Bonchev–Trinajstić information content (AvgIpc) is 2.60. The van der Waals surface area contributed by atoms with E-state index < -0.39 is 38.1 Å². The molecule has 0 aliphatic carbocycles. The van der Waals surface area contributed by atoms with Crippen LogP contribution in [0, 0.1) is 11.6 Å². The highest BCUT2D eigenvalue weighted by molar-refractivity contribution is 7.90. The SMILES string of the molecule is CC(C)c1cc(F)cc(C(C)C)c1CC(=O)NS(=O)(=O)c1cc(F)cc(C(C)(C)O)c1. The molecule has 0 bridgehead atoms. The summed E-state index contributed by atoms with van der Waals surface area (Å²) in [5.41, 5.74) is 0.430. The van der Waals surface area contributed by atoms with Gasteiger partial charge in [0.1, 0.15) is 11.6 Å². The number of aliphatic hydroxyl groups is 1. The molecule has 1 amide bonds. The molecule has 8 heteroatoms. The van der Waals surface area contributed by atoms with Crippen molar-refractivity contribution in [2.75, 3.05) is 0 Å². The maximum absolute atomic E-state index is 14.1. The molecule has 0 unspecified atom stereocenters. The molecule has 2 rings (SSSR count). The monoisotopic (exact) mass is 453 g/mol. The number of benzene rings is 2. The van der Waals surface area contributed by atoms with Gasteiger partial charge in [-0.05, 0) is 78.3 Å². The predicted molar refractivity (Wildman–Crippen MR) is 115 cm³/mol. The lowest BCUT2D eigenvalue weighted by atomic mass is 9.87. The number of sulfonamides is 1. The first-order valence-corrected chi connectivity index (χ1v) is 11.5. The summed E-state index contributed by atoms with van der Waals surface area (Å²) in [7, 11) is -4.38. The van der Waals surface area contributed by atoms with E-state index >= 15 is 0 Å². The minimum atomic E-state index is -4.38. The summed E-state index contributed by atoms with van der Waals surface area (Å²) in [5, 5.41) is 10.1. The summed E-state index contributed by atoms with van der Waals surface area (Å²) >= 11 is 0. The molecule has 170 valence electrons. The van der Waals surface area contributed by atoms with E-state index in [1.165, 1.54) is 26.0 Å². The maximum Gasteiger partial charge on any atom is 0.264 e. The van der Waals surface area contributed by atoms with E-state index in [2.05, 4.69) is 0 Å². The molecule has 2 aromatic rings. The summed E-state index contributed by atoms with van der Waals surface area (Å²) in [6, 6.07) is 5.65. The molecule has 0 saturated carbocycles. The molecule has 0 aromatic heterocycles. The third-order valence-electron chi connectivity index (χ3n) is 5.00. The van der Waals surface area contributed by atoms with Crippen LogP contribution in [0.3, 0.4) is 0 Å². The summed E-state index contributed by atoms with van der Waals surface area (Å²) in [6.45, 7) is 10.2. The molecule has 2 aromatic carbocycles. The third-order valence-corrected chi connectivity index (χ3v) is 6.35. The number of rotatable bonds is 7. The zero-order chi connectivity index (χ0) is 23.7. The van der Waals surface area contributed by atoms with Gasteiger partial charge >= 0.3 is 0 Å². The first-order chi connectivity index (χ1) is 14.1. The number of nitrogens with one attached hydrogen (secondary N) is 1. The second kappa shape index (κ2) is 9.04. The zero-order valence-corrected chi connectivity index (χ0v) is 19.4. The van der Waals surface area contributed by atoms with Crippen molar-refractivity contribution < 1.29 is 27.1 Å². The molecular weight excluding hydrogens is 424 g/mol. The highest BCUT2D eigenvalue weighted by Gasteiger charge is 2.25. The van der Waals surface area contributed by atoms with Crippen molar-refractivity contribution in [1.29, 1.82) is 0 Å². The molecule has 0 aliphatic heterocycles. The number of carbonyl (C=O) groups is 1. The minimum absolute atomic E-state index is 0.0584. The van der Waals surface area contributed by atoms with Crippen LogP contribution in [0.2, 0.25) is 0 Å². The van der Waals surface area contributed by atoms with Crippen molar-refractivity contribution in [1.82, 2.24) is 4.72 Å². The number of carbonyl (C=O) groups excluding carboxylic acids is 1. The largest absolute Gasteiger partial charge is 0.386 e. The van der Waals surface area contributed by atoms with E-state index in [0.29, 0.717) is 16.7 Å². The van der Waals surface area contributed by atoms with Gasteiger partial charge in [-0.1, -0.05) is 27.7 Å². The Morgan fingerprint density at radius 3 is 1.90 bits per heavy atom. The Labute approximate surface area is 182 Å². The van der Waals surface area contributed by atoms with Gasteiger partial charge in [0.2, 0.25) is 5.91 Å². The van der Waals surface area contributed by atoms with Crippen molar-refractivity contribution in [3.8, 4) is 0 Å². The second-order valence-electron chi connectivity index (χ2n) is 8.81. The van der Waals surface area contributed by atoms with Crippen LogP contribution in [0.5, 0.6) is 0 Å². The van der Waals surface area contributed by atoms with Crippen LogP contribution in [0.4, 0.5) is 8.78 Å². The Morgan fingerprint density at radius 2 is 1.45 bits per heavy atom. The number of halogens is 2.